The molecule has 0 aliphatic rings. The number of aromatic nitrogens is 1. The van der Waals surface area contributed by atoms with Crippen LogP contribution in [0.1, 0.15) is 5.56 Å². The molecule has 0 fully saturated rings. The van der Waals surface area contributed by atoms with Crippen LogP contribution in [0.3, 0.4) is 0 Å². The lowest BCUT2D eigenvalue weighted by atomic mass is 10.1. The molecule has 1 aromatic carbocycles. The minimum Gasteiger partial charge on any atom is -0.381 e. The Morgan fingerprint density at radius 1 is 1.11 bits per heavy atom. The van der Waals surface area contributed by atoms with Gasteiger partial charge in [-0.15, -0.1) is 0 Å². The lowest BCUT2D eigenvalue weighted by Crippen LogP contribution is -2.11. The number of rotatable bonds is 4. The molecule has 92 valence electrons. The fourth-order valence-corrected chi connectivity index (χ4v) is 1.72. The maximum absolute atomic E-state index is 4.34. The van der Waals surface area contributed by atoms with E-state index < -0.39 is 0 Å². The van der Waals surface area contributed by atoms with Crippen LogP contribution < -0.4 is 0 Å². The van der Waals surface area contributed by atoms with Crippen molar-refractivity contribution in [3.8, 4) is 11.3 Å². The van der Waals surface area contributed by atoms with Crippen LogP contribution in [0, 0.1) is 0 Å². The number of likely N-dealkylation sites (N-methyl/N-ethyl adjacent to an activating group) is 1. The Balaban J connectivity index is 2.13. The van der Waals surface area contributed by atoms with Crippen LogP contribution in [0.4, 0.5) is 0 Å². The second kappa shape index (κ2) is 5.50. The highest BCUT2D eigenvalue weighted by molar-refractivity contribution is 5.59. The highest BCUT2D eigenvalue weighted by Crippen LogP contribution is 2.18. The molecule has 2 nitrogen and oxygen atoms in total. The van der Waals surface area contributed by atoms with E-state index in [9.17, 15) is 0 Å². The van der Waals surface area contributed by atoms with Gasteiger partial charge in [-0.3, -0.25) is 4.98 Å². The fraction of sp³-hybridized carbons (Fsp3) is 0.188. The summed E-state index contributed by atoms with van der Waals surface area (Å²) >= 11 is 0. The fourth-order valence-electron chi connectivity index (χ4n) is 1.72. The number of nitrogens with zero attached hydrogens (tertiary/aromatic N) is 2. The molecule has 1 heterocycles. The third kappa shape index (κ3) is 2.98. The normalized spacial score (nSPS) is 10.1. The molecule has 0 bridgehead atoms. The van der Waals surface area contributed by atoms with Gasteiger partial charge < -0.3 is 4.90 Å². The first-order valence-corrected chi connectivity index (χ1v) is 6.02. The second-order valence-electron chi connectivity index (χ2n) is 4.55. The van der Waals surface area contributed by atoms with Crippen molar-refractivity contribution in [1.29, 1.82) is 0 Å². The Labute approximate surface area is 109 Å². The lowest BCUT2D eigenvalue weighted by molar-refractivity contribution is 0.501. The van der Waals surface area contributed by atoms with E-state index in [0.717, 1.165) is 23.4 Å². The topological polar surface area (TPSA) is 16.1 Å². The molecule has 0 N–H and O–H groups in total. The molecular formula is C16H18N2. The van der Waals surface area contributed by atoms with Crippen molar-refractivity contribution in [3.63, 3.8) is 0 Å². The molecule has 0 saturated carbocycles. The Morgan fingerprint density at radius 2 is 1.83 bits per heavy atom. The zero-order valence-corrected chi connectivity index (χ0v) is 10.9. The Hall–Kier alpha value is -2.09. The van der Waals surface area contributed by atoms with Crippen molar-refractivity contribution >= 4 is 0 Å². The van der Waals surface area contributed by atoms with E-state index in [2.05, 4.69) is 35.8 Å². The zero-order valence-electron chi connectivity index (χ0n) is 10.9. The third-order valence-corrected chi connectivity index (χ3v) is 2.96. The van der Waals surface area contributed by atoms with Gasteiger partial charge in [0.1, 0.15) is 0 Å². The standard InChI is InChI=1S/C16H18N2/c1-13(18(2)3)12-14-7-9-15(10-8-14)16-6-4-5-11-17-16/h4-11H,1,12H2,2-3H3. The van der Waals surface area contributed by atoms with E-state index in [1.807, 2.05) is 43.4 Å². The van der Waals surface area contributed by atoms with Crippen LogP contribution >= 0.6 is 0 Å². The van der Waals surface area contributed by atoms with Gasteiger partial charge in [-0.25, -0.2) is 0 Å². The molecule has 0 radical (unpaired) electrons. The summed E-state index contributed by atoms with van der Waals surface area (Å²) in [4.78, 5) is 6.39. The molecule has 1 aromatic heterocycles. The molecule has 0 unspecified atom stereocenters. The van der Waals surface area contributed by atoms with Crippen molar-refractivity contribution in [2.24, 2.45) is 0 Å². The van der Waals surface area contributed by atoms with Crippen molar-refractivity contribution in [1.82, 2.24) is 9.88 Å². The van der Waals surface area contributed by atoms with Crippen LogP contribution in [0.15, 0.2) is 60.9 Å². The van der Waals surface area contributed by atoms with Crippen molar-refractivity contribution in [2.75, 3.05) is 14.1 Å². The van der Waals surface area contributed by atoms with Crippen molar-refractivity contribution < 1.29 is 0 Å². The molecule has 2 aromatic rings. The van der Waals surface area contributed by atoms with Gasteiger partial charge in [-0.2, -0.15) is 0 Å². The maximum atomic E-state index is 4.34. The first-order valence-electron chi connectivity index (χ1n) is 6.02. The summed E-state index contributed by atoms with van der Waals surface area (Å²) in [5.41, 5.74) is 4.54. The van der Waals surface area contributed by atoms with E-state index in [-0.39, 0.29) is 0 Å². The number of hydrogen-bond acceptors (Lipinski definition) is 2. The molecule has 2 rings (SSSR count). The third-order valence-electron chi connectivity index (χ3n) is 2.96. The average molecular weight is 238 g/mol. The molecule has 0 aliphatic heterocycles. The smallest absolute Gasteiger partial charge is 0.0701 e. The number of benzene rings is 1. The van der Waals surface area contributed by atoms with Crippen LogP contribution in [-0.4, -0.2) is 24.0 Å². The minimum atomic E-state index is 0.884. The summed E-state index contributed by atoms with van der Waals surface area (Å²) in [6.45, 7) is 4.04. The highest BCUT2D eigenvalue weighted by Gasteiger charge is 2.01. The molecule has 0 saturated heterocycles. The predicted octanol–water partition coefficient (Wildman–Crippen LogP) is 3.37. The van der Waals surface area contributed by atoms with Crippen LogP contribution in [0.5, 0.6) is 0 Å². The zero-order chi connectivity index (χ0) is 13.0. The largest absolute Gasteiger partial charge is 0.381 e. The molecule has 0 aliphatic carbocycles. The maximum Gasteiger partial charge on any atom is 0.0701 e. The summed E-state index contributed by atoms with van der Waals surface area (Å²) in [5.74, 6) is 0. The van der Waals surface area contributed by atoms with Gasteiger partial charge in [0.15, 0.2) is 0 Å². The highest BCUT2D eigenvalue weighted by atomic mass is 15.1. The minimum absolute atomic E-state index is 0.884. The van der Waals surface area contributed by atoms with E-state index in [1.165, 1.54) is 5.56 Å². The molecule has 0 atom stereocenters. The summed E-state index contributed by atoms with van der Waals surface area (Å²) in [6.07, 6.45) is 2.70. The summed E-state index contributed by atoms with van der Waals surface area (Å²) in [6, 6.07) is 14.5. The number of allylic oxidation sites excluding steroid dienone is 1. The molecule has 0 spiro atoms. The predicted molar refractivity (Wildman–Crippen MR) is 76.2 cm³/mol. The van der Waals surface area contributed by atoms with Crippen molar-refractivity contribution in [2.45, 2.75) is 6.42 Å². The monoisotopic (exact) mass is 238 g/mol. The van der Waals surface area contributed by atoms with Crippen LogP contribution in [-0.2, 0) is 6.42 Å². The van der Waals surface area contributed by atoms with E-state index in [0.29, 0.717) is 0 Å². The molecular weight excluding hydrogens is 220 g/mol. The SMILES string of the molecule is C=C(Cc1ccc(-c2ccccn2)cc1)N(C)C. The van der Waals surface area contributed by atoms with Gasteiger partial charge in [0.2, 0.25) is 0 Å². The van der Waals surface area contributed by atoms with Gasteiger partial charge in [-0.1, -0.05) is 36.9 Å². The Bertz CT molecular complexity index is 513. The number of hydrogen-bond donors (Lipinski definition) is 0. The van der Waals surface area contributed by atoms with E-state index >= 15 is 0 Å². The first kappa shape index (κ1) is 12.4. The summed E-state index contributed by atoms with van der Waals surface area (Å²) in [7, 11) is 4.04. The van der Waals surface area contributed by atoms with Gasteiger partial charge in [0.25, 0.3) is 0 Å². The Morgan fingerprint density at radius 3 is 2.39 bits per heavy atom. The first-order chi connectivity index (χ1) is 8.66. The second-order valence-corrected chi connectivity index (χ2v) is 4.55. The lowest BCUT2D eigenvalue weighted by Gasteiger charge is -2.15. The quantitative estimate of drug-likeness (QED) is 0.812. The average Bonchev–Trinajstić information content (AvgIpc) is 2.40. The molecule has 0 amide bonds. The van der Waals surface area contributed by atoms with Crippen molar-refractivity contribution in [3.05, 3.63) is 66.5 Å². The summed E-state index contributed by atoms with van der Waals surface area (Å²) in [5, 5.41) is 0. The number of pyridine rings is 1. The van der Waals surface area contributed by atoms with Gasteiger partial charge in [0.05, 0.1) is 5.69 Å². The van der Waals surface area contributed by atoms with E-state index in [4.69, 9.17) is 0 Å². The van der Waals surface area contributed by atoms with Crippen LogP contribution in [0.25, 0.3) is 11.3 Å². The van der Waals surface area contributed by atoms with Crippen LogP contribution in [0.2, 0.25) is 0 Å². The molecule has 2 heteroatoms. The summed E-state index contributed by atoms with van der Waals surface area (Å²) < 4.78 is 0. The van der Waals surface area contributed by atoms with E-state index in [1.54, 1.807) is 0 Å². The molecule has 18 heavy (non-hydrogen) atoms. The van der Waals surface area contributed by atoms with Gasteiger partial charge in [-0.05, 0) is 17.7 Å². The van der Waals surface area contributed by atoms with Gasteiger partial charge in [0, 0.05) is 38.0 Å². The Kier molecular flexibility index (Phi) is 3.78. The van der Waals surface area contributed by atoms with Gasteiger partial charge >= 0.3 is 0 Å².